The smallest absolute Gasteiger partial charge is 0.318 e. The Balaban J connectivity index is 2.06. The summed E-state index contributed by atoms with van der Waals surface area (Å²) in [6, 6.07) is 16.8. The molecule has 0 N–H and O–H groups in total. The summed E-state index contributed by atoms with van der Waals surface area (Å²) in [5.74, 6) is 0.0457. The van der Waals surface area contributed by atoms with E-state index in [1.54, 1.807) is 12.1 Å². The Kier molecular flexibility index (Phi) is 4.15. The minimum Gasteiger partial charge on any atom is -0.426 e. The molecule has 0 saturated heterocycles. The second-order valence-corrected chi connectivity index (χ2v) is 4.92. The van der Waals surface area contributed by atoms with Gasteiger partial charge in [-0.1, -0.05) is 46.3 Å². The Labute approximate surface area is 115 Å². The molecule has 0 amide bonds. The molecule has 92 valence electrons. The maximum Gasteiger partial charge on any atom is 0.318 e. The Morgan fingerprint density at radius 2 is 1.67 bits per heavy atom. The van der Waals surface area contributed by atoms with Crippen LogP contribution in [0.25, 0.3) is 0 Å². The Morgan fingerprint density at radius 3 is 2.28 bits per heavy atom. The lowest BCUT2D eigenvalue weighted by atomic mass is 10.0. The standard InChI is InChI=1S/C15H13BrO2/c1-11(12-5-3-2-4-6-12)15(17)18-14-9-7-13(16)8-10-14/h2-11H,1H3. The topological polar surface area (TPSA) is 26.3 Å². The highest BCUT2D eigenvalue weighted by Gasteiger charge is 2.16. The van der Waals surface area contributed by atoms with Crippen LogP contribution in [-0.2, 0) is 4.79 Å². The molecule has 0 fully saturated rings. The van der Waals surface area contributed by atoms with Crippen LogP contribution >= 0.6 is 15.9 Å². The zero-order valence-electron chi connectivity index (χ0n) is 9.97. The van der Waals surface area contributed by atoms with E-state index in [9.17, 15) is 4.79 Å². The van der Waals surface area contributed by atoms with Gasteiger partial charge in [-0.3, -0.25) is 4.79 Å². The summed E-state index contributed by atoms with van der Waals surface area (Å²) < 4.78 is 6.28. The summed E-state index contributed by atoms with van der Waals surface area (Å²) in [5.41, 5.74) is 0.958. The van der Waals surface area contributed by atoms with E-state index in [0.29, 0.717) is 5.75 Å². The normalized spacial score (nSPS) is 11.9. The average Bonchev–Trinajstić information content (AvgIpc) is 2.41. The first-order valence-electron chi connectivity index (χ1n) is 5.69. The zero-order valence-corrected chi connectivity index (χ0v) is 11.6. The van der Waals surface area contributed by atoms with Crippen molar-refractivity contribution in [3.63, 3.8) is 0 Å². The molecule has 2 aromatic rings. The molecular weight excluding hydrogens is 292 g/mol. The van der Waals surface area contributed by atoms with Crippen LogP contribution in [0.4, 0.5) is 0 Å². The zero-order chi connectivity index (χ0) is 13.0. The van der Waals surface area contributed by atoms with Gasteiger partial charge in [0, 0.05) is 4.47 Å². The fourth-order valence-electron chi connectivity index (χ4n) is 1.58. The van der Waals surface area contributed by atoms with Gasteiger partial charge in [0.15, 0.2) is 0 Å². The van der Waals surface area contributed by atoms with Crippen molar-refractivity contribution >= 4 is 21.9 Å². The van der Waals surface area contributed by atoms with Crippen molar-refractivity contribution in [3.8, 4) is 5.75 Å². The summed E-state index contributed by atoms with van der Waals surface area (Å²) in [7, 11) is 0. The summed E-state index contributed by atoms with van der Waals surface area (Å²) in [4.78, 5) is 12.0. The van der Waals surface area contributed by atoms with Crippen LogP contribution < -0.4 is 4.74 Å². The number of carbonyl (C=O) groups is 1. The van der Waals surface area contributed by atoms with Crippen LogP contribution in [0.15, 0.2) is 59.1 Å². The number of carbonyl (C=O) groups excluding carboxylic acids is 1. The van der Waals surface area contributed by atoms with E-state index in [2.05, 4.69) is 15.9 Å². The maximum atomic E-state index is 12.0. The van der Waals surface area contributed by atoms with Crippen molar-refractivity contribution in [2.75, 3.05) is 0 Å². The summed E-state index contributed by atoms with van der Waals surface area (Å²) in [5, 5.41) is 0. The highest BCUT2D eigenvalue weighted by atomic mass is 79.9. The van der Waals surface area contributed by atoms with E-state index < -0.39 is 0 Å². The van der Waals surface area contributed by atoms with E-state index >= 15 is 0 Å². The van der Waals surface area contributed by atoms with Gasteiger partial charge in [0.2, 0.25) is 0 Å². The molecule has 2 aromatic carbocycles. The number of ether oxygens (including phenoxy) is 1. The highest BCUT2D eigenvalue weighted by molar-refractivity contribution is 9.10. The average molecular weight is 305 g/mol. The lowest BCUT2D eigenvalue weighted by Crippen LogP contribution is -2.16. The highest BCUT2D eigenvalue weighted by Crippen LogP contribution is 2.20. The van der Waals surface area contributed by atoms with Gasteiger partial charge in [-0.05, 0) is 36.8 Å². The molecule has 0 spiro atoms. The molecular formula is C15H13BrO2. The van der Waals surface area contributed by atoms with Gasteiger partial charge in [0.25, 0.3) is 0 Å². The molecule has 18 heavy (non-hydrogen) atoms. The molecule has 0 heterocycles. The van der Waals surface area contributed by atoms with E-state index in [4.69, 9.17) is 4.74 Å². The molecule has 2 nitrogen and oxygen atoms in total. The van der Waals surface area contributed by atoms with E-state index in [1.165, 1.54) is 0 Å². The quantitative estimate of drug-likeness (QED) is 0.629. The molecule has 1 atom stereocenters. The van der Waals surface area contributed by atoms with Crippen molar-refractivity contribution in [2.24, 2.45) is 0 Å². The first kappa shape index (κ1) is 12.8. The number of hydrogen-bond donors (Lipinski definition) is 0. The SMILES string of the molecule is CC(C(=O)Oc1ccc(Br)cc1)c1ccccc1. The Hall–Kier alpha value is -1.61. The Morgan fingerprint density at radius 1 is 1.06 bits per heavy atom. The first-order valence-corrected chi connectivity index (χ1v) is 6.48. The molecule has 2 rings (SSSR count). The maximum absolute atomic E-state index is 12.0. The van der Waals surface area contributed by atoms with Gasteiger partial charge in [-0.15, -0.1) is 0 Å². The number of esters is 1. The molecule has 0 aromatic heterocycles. The minimum atomic E-state index is -0.269. The molecule has 3 heteroatoms. The van der Waals surface area contributed by atoms with Crippen LogP contribution in [0, 0.1) is 0 Å². The van der Waals surface area contributed by atoms with Crippen molar-refractivity contribution in [2.45, 2.75) is 12.8 Å². The lowest BCUT2D eigenvalue weighted by molar-refractivity contribution is -0.135. The fourth-order valence-corrected chi connectivity index (χ4v) is 1.85. The molecule has 0 bridgehead atoms. The number of hydrogen-bond acceptors (Lipinski definition) is 2. The van der Waals surface area contributed by atoms with Crippen molar-refractivity contribution in [1.29, 1.82) is 0 Å². The molecule has 0 aliphatic carbocycles. The van der Waals surface area contributed by atoms with Gasteiger partial charge < -0.3 is 4.74 Å². The van der Waals surface area contributed by atoms with E-state index in [1.807, 2.05) is 49.4 Å². The van der Waals surface area contributed by atoms with Crippen LogP contribution in [0.3, 0.4) is 0 Å². The van der Waals surface area contributed by atoms with Crippen LogP contribution in [0.5, 0.6) is 5.75 Å². The van der Waals surface area contributed by atoms with Crippen molar-refractivity contribution in [3.05, 3.63) is 64.6 Å². The van der Waals surface area contributed by atoms with Gasteiger partial charge in [0.05, 0.1) is 5.92 Å². The molecule has 0 aliphatic heterocycles. The van der Waals surface area contributed by atoms with E-state index in [-0.39, 0.29) is 11.9 Å². The second kappa shape index (κ2) is 5.83. The fraction of sp³-hybridized carbons (Fsp3) is 0.133. The third-order valence-electron chi connectivity index (χ3n) is 2.69. The van der Waals surface area contributed by atoms with Crippen LogP contribution in [0.1, 0.15) is 18.4 Å². The van der Waals surface area contributed by atoms with Crippen LogP contribution in [0.2, 0.25) is 0 Å². The summed E-state index contributed by atoms with van der Waals surface area (Å²) in [6.07, 6.45) is 0. The minimum absolute atomic E-state index is 0.247. The largest absolute Gasteiger partial charge is 0.426 e. The van der Waals surface area contributed by atoms with Crippen molar-refractivity contribution in [1.82, 2.24) is 0 Å². The van der Waals surface area contributed by atoms with Gasteiger partial charge in [0.1, 0.15) is 5.75 Å². The third kappa shape index (κ3) is 3.20. The lowest BCUT2D eigenvalue weighted by Gasteiger charge is -2.11. The first-order chi connectivity index (χ1) is 8.66. The molecule has 0 aliphatic rings. The number of halogens is 1. The van der Waals surface area contributed by atoms with E-state index in [0.717, 1.165) is 10.0 Å². The summed E-state index contributed by atoms with van der Waals surface area (Å²) in [6.45, 7) is 1.84. The molecule has 1 unspecified atom stereocenters. The van der Waals surface area contributed by atoms with Gasteiger partial charge >= 0.3 is 5.97 Å². The molecule has 0 radical (unpaired) electrons. The van der Waals surface area contributed by atoms with Crippen LogP contribution in [-0.4, -0.2) is 5.97 Å². The number of rotatable bonds is 3. The third-order valence-corrected chi connectivity index (χ3v) is 3.21. The molecule has 0 saturated carbocycles. The van der Waals surface area contributed by atoms with Gasteiger partial charge in [-0.2, -0.15) is 0 Å². The second-order valence-electron chi connectivity index (χ2n) is 4.01. The monoisotopic (exact) mass is 304 g/mol. The Bertz CT molecular complexity index is 520. The van der Waals surface area contributed by atoms with Gasteiger partial charge in [-0.25, -0.2) is 0 Å². The summed E-state index contributed by atoms with van der Waals surface area (Å²) >= 11 is 3.34. The number of benzene rings is 2. The van der Waals surface area contributed by atoms with Crippen molar-refractivity contribution < 1.29 is 9.53 Å². The predicted molar refractivity (Wildman–Crippen MR) is 74.6 cm³/mol. The predicted octanol–water partition coefficient (Wildman–Crippen LogP) is 4.16.